The van der Waals surface area contributed by atoms with Crippen LogP contribution in [0.2, 0.25) is 23.7 Å². The van der Waals surface area contributed by atoms with Crippen molar-refractivity contribution in [2.45, 2.75) is 62.7 Å². The van der Waals surface area contributed by atoms with E-state index in [1.165, 1.54) is 0 Å². The number of aliphatic hydroxyl groups is 1. The number of nitrogens with zero attached hydrogens (tertiary/aromatic N) is 4. The number of hydrogen-bond donors (Lipinski definition) is 1. The third-order valence-electron chi connectivity index (χ3n) is 9.12. The molecule has 3 heterocycles. The molecule has 2 aliphatic heterocycles. The first-order valence-corrected chi connectivity index (χ1v) is 19.2. The summed E-state index contributed by atoms with van der Waals surface area (Å²) in [6.07, 6.45) is 1.77. The summed E-state index contributed by atoms with van der Waals surface area (Å²) in [6.45, 7) is 6.06. The van der Waals surface area contributed by atoms with Crippen molar-refractivity contribution in [2.24, 2.45) is 5.92 Å². The lowest BCUT2D eigenvalue weighted by atomic mass is 9.82. The molecule has 0 aliphatic carbocycles. The highest BCUT2D eigenvalue weighted by Crippen LogP contribution is 2.60. The molecule has 7 nitrogen and oxygen atoms in total. The number of carbonyl (C=O) groups is 1. The van der Waals surface area contributed by atoms with Crippen molar-refractivity contribution in [1.82, 2.24) is 15.0 Å². The number of fused-ring (bicyclic) bond motifs is 2. The van der Waals surface area contributed by atoms with Crippen LogP contribution in [-0.4, -0.2) is 47.1 Å². The zero-order valence-corrected chi connectivity index (χ0v) is 28.7. The number of aryl methyl sites for hydroxylation is 1. The lowest BCUT2D eigenvalue weighted by Gasteiger charge is -2.31. The molecule has 0 bridgehead atoms. The summed E-state index contributed by atoms with van der Waals surface area (Å²) in [5.74, 6) is -0.880. The highest BCUT2D eigenvalue weighted by Gasteiger charge is 2.66. The van der Waals surface area contributed by atoms with Gasteiger partial charge in [-0.15, -0.1) is 5.10 Å². The maximum Gasteiger partial charge on any atom is 0.264 e. The van der Waals surface area contributed by atoms with Gasteiger partial charge in [0.1, 0.15) is 0 Å². The molecule has 1 fully saturated rings. The Bertz CT molecular complexity index is 1650. The minimum Gasteiger partial charge on any atom is -0.395 e. The highest BCUT2D eigenvalue weighted by atomic mass is 127. The van der Waals surface area contributed by atoms with E-state index in [4.69, 9.17) is 16.3 Å². The van der Waals surface area contributed by atoms with Crippen LogP contribution >= 0.6 is 34.2 Å². The Morgan fingerprint density at radius 3 is 2.55 bits per heavy atom. The molecule has 3 aromatic carbocycles. The minimum atomic E-state index is -3.32. The molecule has 6 rings (SSSR count). The molecular formula is C33H35ClFIN4O3Si. The van der Waals surface area contributed by atoms with Crippen LogP contribution in [0.5, 0.6) is 0 Å². The van der Waals surface area contributed by atoms with E-state index in [0.717, 1.165) is 20.4 Å². The quantitative estimate of drug-likeness (QED) is 0.113. The number of ether oxygens (including phenoxy) is 1. The summed E-state index contributed by atoms with van der Waals surface area (Å²) in [7, 11) is -3.32. The molecule has 11 heteroatoms. The molecule has 1 aromatic heterocycles. The van der Waals surface area contributed by atoms with Gasteiger partial charge in [0.05, 0.1) is 36.6 Å². The molecule has 0 saturated carbocycles. The third kappa shape index (κ3) is 5.64. The minimum absolute atomic E-state index is 0.0962. The lowest BCUT2D eigenvalue weighted by Crippen LogP contribution is -2.45. The van der Waals surface area contributed by atoms with E-state index in [0.29, 0.717) is 35.8 Å². The van der Waals surface area contributed by atoms with E-state index in [1.807, 2.05) is 79.9 Å². The van der Waals surface area contributed by atoms with Crippen LogP contribution < -0.4 is 4.90 Å². The van der Waals surface area contributed by atoms with Gasteiger partial charge in [-0.25, -0.2) is 0 Å². The van der Waals surface area contributed by atoms with Crippen molar-refractivity contribution < 1.29 is 18.7 Å². The van der Waals surface area contributed by atoms with Crippen molar-refractivity contribution in [3.63, 3.8) is 0 Å². The molecule has 1 N–H and O–H groups in total. The molecule has 1 unspecified atom stereocenters. The fraction of sp³-hybridized carbons (Fsp3) is 0.364. The Hall–Kier alpha value is -2.64. The van der Waals surface area contributed by atoms with Crippen molar-refractivity contribution in [2.75, 3.05) is 11.5 Å². The number of aliphatic hydroxyl groups excluding tert-OH is 1. The van der Waals surface area contributed by atoms with E-state index in [1.54, 1.807) is 28.7 Å². The molecule has 0 radical (unpaired) electrons. The first-order valence-electron chi connectivity index (χ1n) is 14.8. The number of amides is 1. The Kier molecular flexibility index (Phi) is 8.75. The Morgan fingerprint density at radius 2 is 1.86 bits per heavy atom. The summed E-state index contributed by atoms with van der Waals surface area (Å²) in [5.41, 5.74) is 2.29. The van der Waals surface area contributed by atoms with Crippen LogP contribution in [0.25, 0.3) is 0 Å². The van der Waals surface area contributed by atoms with Gasteiger partial charge in [0, 0.05) is 38.4 Å². The first-order chi connectivity index (χ1) is 21.0. The van der Waals surface area contributed by atoms with Crippen molar-refractivity contribution >= 4 is 54.2 Å². The van der Waals surface area contributed by atoms with Crippen LogP contribution in [0, 0.1) is 9.49 Å². The average molecular weight is 745 g/mol. The predicted octanol–water partition coefficient (Wildman–Crippen LogP) is 7.07. The monoisotopic (exact) mass is 744 g/mol. The second-order valence-electron chi connectivity index (χ2n) is 12.3. The van der Waals surface area contributed by atoms with Crippen molar-refractivity contribution in [1.29, 1.82) is 0 Å². The van der Waals surface area contributed by atoms with Crippen molar-refractivity contribution in [3.05, 3.63) is 110 Å². The zero-order chi connectivity index (χ0) is 31.2. The summed E-state index contributed by atoms with van der Waals surface area (Å²) < 4.78 is 25.9. The van der Waals surface area contributed by atoms with Gasteiger partial charge in [-0.3, -0.25) is 9.48 Å². The van der Waals surface area contributed by atoms with Gasteiger partial charge in [-0.05, 0) is 83.6 Å². The lowest BCUT2D eigenvalue weighted by molar-refractivity contribution is -0.146. The van der Waals surface area contributed by atoms with Crippen LogP contribution in [0.3, 0.4) is 0 Å². The largest absolute Gasteiger partial charge is 0.395 e. The van der Waals surface area contributed by atoms with E-state index < -0.39 is 31.6 Å². The Morgan fingerprint density at radius 1 is 1.14 bits per heavy atom. The van der Waals surface area contributed by atoms with Gasteiger partial charge in [0.25, 0.3) is 5.91 Å². The molecule has 2 aliphatic rings. The van der Waals surface area contributed by atoms with Gasteiger partial charge in [-0.1, -0.05) is 66.2 Å². The number of halogens is 3. The molecule has 4 aromatic rings. The van der Waals surface area contributed by atoms with E-state index in [9.17, 15) is 9.90 Å². The molecule has 44 heavy (non-hydrogen) atoms. The molecule has 5 atom stereocenters. The number of benzene rings is 3. The van der Waals surface area contributed by atoms with Gasteiger partial charge in [0.15, 0.2) is 5.60 Å². The topological polar surface area (TPSA) is 80.5 Å². The summed E-state index contributed by atoms with van der Waals surface area (Å²) in [5, 5.41) is 19.3. The number of anilines is 1. The van der Waals surface area contributed by atoms with Gasteiger partial charge < -0.3 is 18.9 Å². The Labute approximate surface area is 276 Å². The van der Waals surface area contributed by atoms with Crippen LogP contribution in [0.1, 0.15) is 41.6 Å². The van der Waals surface area contributed by atoms with E-state index in [-0.39, 0.29) is 18.4 Å². The van der Waals surface area contributed by atoms with Gasteiger partial charge >= 0.3 is 0 Å². The molecule has 230 valence electrons. The molecular weight excluding hydrogens is 710 g/mol. The number of carbonyl (C=O) groups excluding carboxylic acids is 1. The van der Waals surface area contributed by atoms with E-state index >= 15 is 4.11 Å². The fourth-order valence-electron chi connectivity index (χ4n) is 7.12. The number of aromatic nitrogens is 3. The second-order valence-corrected chi connectivity index (χ2v) is 17.8. The average Bonchev–Trinajstić information content (AvgIpc) is 3.64. The third-order valence-corrected chi connectivity index (χ3v) is 12.5. The smallest absolute Gasteiger partial charge is 0.264 e. The van der Waals surface area contributed by atoms with Crippen molar-refractivity contribution in [3.8, 4) is 0 Å². The second kappa shape index (κ2) is 12.3. The maximum atomic E-state index is 16.2. The number of rotatable bonds is 9. The standard InChI is InChI=1S/C33H35ClFIN4O3Si/c1-21-31(44(2,3)35)30(15-16-39-19-28(37-38-39)26(20-41)23-7-5-4-6-8-23)43-33(21)27-17-24(34)11-14-29(27)40(32(33)42)18-22-9-12-25(36)13-10-22/h4-14,17,19,21,26,30-31,41H,15-16,18,20H2,1-3H3/t21-,26?,30+,31-,33+/m0/s1. The van der Waals surface area contributed by atoms with Gasteiger partial charge in [-0.2, -0.15) is 0 Å². The normalized spacial score (nSPS) is 23.8. The van der Waals surface area contributed by atoms with E-state index in [2.05, 4.69) is 32.9 Å². The van der Waals surface area contributed by atoms with Crippen LogP contribution in [0.15, 0.2) is 79.0 Å². The Balaban J connectivity index is 1.30. The summed E-state index contributed by atoms with van der Waals surface area (Å²) >= 11 is 8.77. The zero-order valence-electron chi connectivity index (χ0n) is 24.8. The maximum absolute atomic E-state index is 16.2. The van der Waals surface area contributed by atoms with Gasteiger partial charge in [0.2, 0.25) is 8.41 Å². The molecule has 1 amide bonds. The van der Waals surface area contributed by atoms with Crippen LogP contribution in [0.4, 0.5) is 9.80 Å². The summed E-state index contributed by atoms with van der Waals surface area (Å²) in [6, 6.07) is 23.2. The first kappa shape index (κ1) is 31.3. The summed E-state index contributed by atoms with van der Waals surface area (Å²) in [4.78, 5) is 16.3. The number of hydrogen-bond acceptors (Lipinski definition) is 5. The predicted molar refractivity (Wildman–Crippen MR) is 180 cm³/mol. The highest BCUT2D eigenvalue weighted by molar-refractivity contribution is 14.1. The molecule has 1 saturated heterocycles. The SMILES string of the molecule is C[C@H]1[C@H]([Si](C)(C)F)[C@@H](CCn2cc(C(CO)c3ccccc3)nn2)O[C@]12C(=O)N(Cc1ccc(I)cc1)c1ccc(Cl)cc12. The molecule has 1 spiro atoms. The fourth-order valence-corrected chi connectivity index (χ4v) is 10.2. The van der Waals surface area contributed by atoms with Crippen LogP contribution in [-0.2, 0) is 28.2 Å².